The van der Waals surface area contributed by atoms with E-state index in [-0.39, 0.29) is 44.9 Å². The average Bonchev–Trinajstić information content (AvgIpc) is 3.81. The van der Waals surface area contributed by atoms with Crippen LogP contribution in [0.2, 0.25) is 0 Å². The predicted octanol–water partition coefficient (Wildman–Crippen LogP) is 5.76. The first-order chi connectivity index (χ1) is 30.5. The van der Waals surface area contributed by atoms with E-state index in [1.54, 1.807) is 70.3 Å². The quantitative estimate of drug-likeness (QED) is 0.0785. The maximum Gasteiger partial charge on any atom is 0.327 e. The third-order valence-corrected chi connectivity index (χ3v) is 12.5. The van der Waals surface area contributed by atoms with Crippen molar-refractivity contribution in [3.05, 3.63) is 76.9 Å². The van der Waals surface area contributed by atoms with E-state index in [4.69, 9.17) is 23.8 Å². The van der Waals surface area contributed by atoms with Crippen LogP contribution < -0.4 is 10.6 Å². The lowest BCUT2D eigenvalue weighted by atomic mass is 9.62. The number of carbonyl (C=O) groups is 5. The summed E-state index contributed by atoms with van der Waals surface area (Å²) in [6, 6.07) is 12.5. The lowest BCUT2D eigenvalue weighted by Crippen LogP contribution is -2.69. The second-order valence-electron chi connectivity index (χ2n) is 18.9. The first kappa shape index (κ1) is 48.8. The smallest absolute Gasteiger partial charge is 0.327 e. The summed E-state index contributed by atoms with van der Waals surface area (Å²) in [5, 5.41) is 17.4. The van der Waals surface area contributed by atoms with Gasteiger partial charge in [0, 0.05) is 58.0 Å². The Hall–Kier alpha value is -4.67. The number of nitrogens with one attached hydrogen (secondary N) is 2. The van der Waals surface area contributed by atoms with Crippen LogP contribution in [0, 0.1) is 5.41 Å². The van der Waals surface area contributed by atoms with Crippen LogP contribution in [0.5, 0.6) is 0 Å². The van der Waals surface area contributed by atoms with E-state index in [2.05, 4.69) is 24.5 Å². The molecule has 15 heteroatoms. The fourth-order valence-electron chi connectivity index (χ4n) is 9.32. The normalized spacial score (nSPS) is 25.1. The van der Waals surface area contributed by atoms with E-state index < -0.39 is 77.1 Å². The van der Waals surface area contributed by atoms with Gasteiger partial charge in [-0.05, 0) is 74.9 Å². The molecule has 1 saturated carbocycles. The second kappa shape index (κ2) is 21.1. The van der Waals surface area contributed by atoms with Gasteiger partial charge >= 0.3 is 11.9 Å². The van der Waals surface area contributed by atoms with E-state index >= 15 is 4.79 Å². The molecule has 64 heavy (non-hydrogen) atoms. The van der Waals surface area contributed by atoms with Crippen molar-refractivity contribution < 1.29 is 52.9 Å². The fourth-order valence-corrected chi connectivity index (χ4v) is 9.32. The Kier molecular flexibility index (Phi) is 16.1. The third kappa shape index (κ3) is 11.4. The summed E-state index contributed by atoms with van der Waals surface area (Å²) in [4.78, 5) is 75.7. The SMILES string of the molecule is CCCCCC1(CCCCC)O[C@@H]2[C@H](O1)[C@H]1ON(Cc3cccc(C=CC(=O)N(C)C)c3)[C@@H]3C(=O)O[C@@H]2C[C@]13C(=O)NCc1cccc(C(=O)N[C@H](CO)CCC(=O)OC(C)(C)C)c1. The molecule has 4 fully saturated rings. The second-order valence-corrected chi connectivity index (χ2v) is 18.9. The maximum absolute atomic E-state index is 15.0. The van der Waals surface area contributed by atoms with Gasteiger partial charge in [-0.3, -0.25) is 28.8 Å². The highest BCUT2D eigenvalue weighted by Crippen LogP contribution is 2.58. The molecule has 3 saturated heterocycles. The van der Waals surface area contributed by atoms with Crippen molar-refractivity contribution in [2.75, 3.05) is 20.7 Å². The number of hydrogen-bond donors (Lipinski definition) is 3. The Morgan fingerprint density at radius 3 is 2.33 bits per heavy atom. The molecule has 0 spiro atoms. The highest BCUT2D eigenvalue weighted by atomic mass is 16.8. The Bertz CT molecular complexity index is 2010. The number of amides is 3. The molecule has 15 nitrogen and oxygen atoms in total. The van der Waals surface area contributed by atoms with Gasteiger partial charge in [0.05, 0.1) is 19.2 Å². The van der Waals surface area contributed by atoms with Crippen LogP contribution in [0.4, 0.5) is 0 Å². The number of aliphatic hydroxyl groups is 1. The molecule has 2 bridgehead atoms. The fraction of sp³-hybridized carbons (Fsp3) is 0.612. The number of fused-ring (bicyclic) bond motifs is 4. The largest absolute Gasteiger partial charge is 0.460 e. The molecule has 0 unspecified atom stereocenters. The predicted molar refractivity (Wildman–Crippen MR) is 238 cm³/mol. The molecule has 1 aliphatic carbocycles. The van der Waals surface area contributed by atoms with E-state index in [0.29, 0.717) is 24.0 Å². The van der Waals surface area contributed by atoms with Crippen molar-refractivity contribution >= 4 is 35.7 Å². The molecule has 350 valence electrons. The Labute approximate surface area is 377 Å². The molecule has 2 aromatic rings. The van der Waals surface area contributed by atoms with Gasteiger partial charge in [-0.25, -0.2) is 0 Å². The molecule has 0 aromatic heterocycles. The Morgan fingerprint density at radius 1 is 0.969 bits per heavy atom. The molecule has 4 aliphatic rings. The van der Waals surface area contributed by atoms with Gasteiger partial charge < -0.3 is 39.6 Å². The van der Waals surface area contributed by atoms with Crippen molar-refractivity contribution in [2.24, 2.45) is 5.41 Å². The molecule has 6 rings (SSSR count). The van der Waals surface area contributed by atoms with Crippen LogP contribution in [0.1, 0.15) is 132 Å². The average molecular weight is 889 g/mol. The zero-order valence-electron chi connectivity index (χ0n) is 38.6. The summed E-state index contributed by atoms with van der Waals surface area (Å²) in [6.45, 7) is 9.42. The third-order valence-electron chi connectivity index (χ3n) is 12.5. The Morgan fingerprint density at radius 2 is 1.66 bits per heavy atom. The van der Waals surface area contributed by atoms with Crippen LogP contribution in [-0.2, 0) is 56.1 Å². The molecule has 3 amide bonds. The van der Waals surface area contributed by atoms with Gasteiger partial charge in [-0.2, -0.15) is 5.06 Å². The first-order valence-electron chi connectivity index (χ1n) is 23.0. The van der Waals surface area contributed by atoms with Gasteiger partial charge in [0.2, 0.25) is 11.8 Å². The minimum absolute atomic E-state index is 0.0224. The summed E-state index contributed by atoms with van der Waals surface area (Å²) >= 11 is 0. The number of rotatable bonds is 21. The number of carbonyl (C=O) groups excluding carboxylic acids is 5. The van der Waals surface area contributed by atoms with Crippen LogP contribution >= 0.6 is 0 Å². The zero-order chi connectivity index (χ0) is 46.2. The van der Waals surface area contributed by atoms with Crippen molar-refractivity contribution in [3.63, 3.8) is 0 Å². The molecule has 3 aliphatic heterocycles. The summed E-state index contributed by atoms with van der Waals surface area (Å²) in [5.41, 5.74) is 0.443. The van der Waals surface area contributed by atoms with Crippen LogP contribution in [0.3, 0.4) is 0 Å². The van der Waals surface area contributed by atoms with Crippen LogP contribution in [0.25, 0.3) is 6.08 Å². The standard InChI is InChI=1S/C49H68N4O11/c1-8-10-12-24-48(25-13-11-9-2)62-40-37-28-49(46(59)50-29-33-17-15-19-35(27-33)44(57)51-36(31-54)21-23-39(56)61-47(3,4)5)42(45(58)60-37)53(64-43(49)41(40)63-48)30-34-18-14-16-32(26-34)20-22-38(55)52(6)7/h14-20,22,26-27,36-37,40-43,54H,8-13,21,23-25,28-31H2,1-7H3,(H,50,59)(H,51,57)/t36-,37+,40-,41-,42+,43+,49+/m0/s1. The van der Waals surface area contributed by atoms with Gasteiger partial charge in [0.25, 0.3) is 5.91 Å². The van der Waals surface area contributed by atoms with Gasteiger partial charge in [-0.1, -0.05) is 75.9 Å². The number of ether oxygens (including phenoxy) is 4. The number of aliphatic hydroxyl groups excluding tert-OH is 1. The minimum atomic E-state index is -1.42. The van der Waals surface area contributed by atoms with Crippen LogP contribution in [-0.4, -0.2) is 113 Å². The molecule has 2 aromatic carbocycles. The Balaban J connectivity index is 1.25. The number of unbranched alkanes of at least 4 members (excludes halogenated alkanes) is 4. The molecule has 0 radical (unpaired) electrons. The van der Waals surface area contributed by atoms with E-state index in [1.165, 1.54) is 11.0 Å². The number of benzene rings is 2. The van der Waals surface area contributed by atoms with Gasteiger partial charge in [0.1, 0.15) is 35.4 Å². The van der Waals surface area contributed by atoms with Crippen molar-refractivity contribution in [1.82, 2.24) is 20.6 Å². The van der Waals surface area contributed by atoms with Crippen molar-refractivity contribution in [3.8, 4) is 0 Å². The minimum Gasteiger partial charge on any atom is -0.460 e. The van der Waals surface area contributed by atoms with E-state index in [0.717, 1.165) is 49.7 Å². The van der Waals surface area contributed by atoms with Crippen LogP contribution in [0.15, 0.2) is 54.6 Å². The van der Waals surface area contributed by atoms with Crippen molar-refractivity contribution in [2.45, 2.75) is 166 Å². The number of nitrogens with zero attached hydrogens (tertiary/aromatic N) is 2. The topological polar surface area (TPSA) is 182 Å². The van der Waals surface area contributed by atoms with Gasteiger partial charge in [-0.15, -0.1) is 0 Å². The molecule has 7 atom stereocenters. The lowest BCUT2D eigenvalue weighted by molar-refractivity contribution is -0.224. The van der Waals surface area contributed by atoms with E-state index in [9.17, 15) is 24.3 Å². The summed E-state index contributed by atoms with van der Waals surface area (Å²) < 4.78 is 25.5. The summed E-state index contributed by atoms with van der Waals surface area (Å²) in [5.74, 6) is -2.93. The zero-order valence-corrected chi connectivity index (χ0v) is 38.6. The first-order valence-corrected chi connectivity index (χ1v) is 23.0. The highest BCUT2D eigenvalue weighted by molar-refractivity contribution is 5.95. The number of hydrogen-bond acceptors (Lipinski definition) is 12. The molecular weight excluding hydrogens is 821 g/mol. The molecule has 3 heterocycles. The number of likely N-dealkylation sites (N-methyl/N-ethyl adjacent to an activating group) is 1. The van der Waals surface area contributed by atoms with E-state index in [1.807, 2.05) is 24.3 Å². The lowest BCUT2D eigenvalue weighted by Gasteiger charge is -2.48. The summed E-state index contributed by atoms with van der Waals surface area (Å²) in [6.07, 6.45) is 7.81. The highest BCUT2D eigenvalue weighted by Gasteiger charge is 2.76. The summed E-state index contributed by atoms with van der Waals surface area (Å²) in [7, 11) is 3.36. The number of esters is 2. The molecular formula is C49H68N4O11. The number of hydroxylamine groups is 2. The molecule has 3 N–H and O–H groups in total. The van der Waals surface area contributed by atoms with Gasteiger partial charge in [0.15, 0.2) is 11.8 Å². The van der Waals surface area contributed by atoms with Crippen molar-refractivity contribution in [1.29, 1.82) is 0 Å². The maximum atomic E-state index is 15.0. The monoisotopic (exact) mass is 888 g/mol.